The van der Waals surface area contributed by atoms with Crippen LogP contribution in [0.25, 0.3) is 0 Å². The molecular weight excluding hydrogens is 234 g/mol. The normalized spacial score (nSPS) is 18.2. The summed E-state index contributed by atoms with van der Waals surface area (Å²) in [6.45, 7) is -1.58. The molecule has 0 amide bonds. The molecule has 0 rings (SSSR count). The molecule has 0 aromatic heterocycles. The van der Waals surface area contributed by atoms with E-state index in [-0.39, 0.29) is 29.6 Å². The van der Waals surface area contributed by atoms with Crippen molar-refractivity contribution in [2.75, 3.05) is 13.2 Å². The predicted molar refractivity (Wildman–Crippen MR) is 42.8 cm³/mol. The molecule has 0 aliphatic rings. The summed E-state index contributed by atoms with van der Waals surface area (Å²) in [5.41, 5.74) is 0. The van der Waals surface area contributed by atoms with Crippen LogP contribution in [0, 0.1) is 0 Å². The van der Waals surface area contributed by atoms with Crippen LogP contribution in [0.5, 0.6) is 0 Å². The summed E-state index contributed by atoms with van der Waals surface area (Å²) >= 11 is 0. The van der Waals surface area contributed by atoms with E-state index in [1.54, 1.807) is 0 Å². The smallest absolute Gasteiger partial charge is 0.871 e. The molecule has 0 saturated carbocycles. The van der Waals surface area contributed by atoms with Crippen LogP contribution in [0.2, 0.25) is 0 Å². The molecule has 16 heavy (non-hydrogen) atoms. The summed E-state index contributed by atoms with van der Waals surface area (Å²) < 4.78 is 3.91. The monoisotopic (exact) mass is 247 g/mol. The van der Waals surface area contributed by atoms with Crippen LogP contribution in [0.4, 0.5) is 0 Å². The molecule has 10 heteroatoms. The first-order valence-corrected chi connectivity index (χ1v) is 4.16. The van der Waals surface area contributed by atoms with Gasteiger partial charge in [0.25, 0.3) is 0 Å². The average Bonchev–Trinajstić information content (AvgIpc) is 2.22. The van der Waals surface area contributed by atoms with Gasteiger partial charge in [-0.15, -0.1) is 0 Å². The first-order chi connectivity index (χ1) is 6.90. The zero-order chi connectivity index (χ0) is 12.0. The van der Waals surface area contributed by atoms with Gasteiger partial charge >= 0.3 is 29.6 Å². The van der Waals surface area contributed by atoms with E-state index in [2.05, 4.69) is 4.65 Å². The van der Waals surface area contributed by atoms with Gasteiger partial charge in [-0.3, -0.25) is 0 Å². The Hall–Kier alpha value is 0.745. The number of hydrogen-bond acceptors (Lipinski definition) is 8. The van der Waals surface area contributed by atoms with Crippen molar-refractivity contribution in [3.05, 3.63) is 0 Å². The van der Waals surface area contributed by atoms with E-state index in [1.807, 2.05) is 0 Å². The zero-order valence-electron chi connectivity index (χ0n) is 8.76. The van der Waals surface area contributed by atoms with E-state index in [0.717, 1.165) is 0 Å². The van der Waals surface area contributed by atoms with E-state index < -0.39 is 45.0 Å². The maximum absolute atomic E-state index is 9.89. The Morgan fingerprint density at radius 2 is 1.44 bits per heavy atom. The third-order valence-electron chi connectivity index (χ3n) is 1.73. The molecule has 4 atom stereocenters. The van der Waals surface area contributed by atoms with Gasteiger partial charge in [0.05, 0.1) is 20.5 Å². The van der Waals surface area contributed by atoms with E-state index in [0.29, 0.717) is 0 Å². The second kappa shape index (κ2) is 9.74. The first-order valence-electron chi connectivity index (χ1n) is 4.16. The topological polar surface area (TPSA) is 156 Å². The number of rotatable bonds is 7. The summed E-state index contributed by atoms with van der Waals surface area (Å²) in [6.07, 6.45) is -6.96. The van der Waals surface area contributed by atoms with Crippen LogP contribution in [0.1, 0.15) is 0 Å². The Bertz CT molecular complexity index is 173. The fourth-order valence-corrected chi connectivity index (χ4v) is 0.839. The standard InChI is InChI=1S/C6H13BO8.Na/c8-1-3(9)5(11)6(12)4(10)2-15-7(13)14;/h3-6,8-12H,1-2H2;/q-2;+1/t3-,4+,5-,6-;/m1./s1. The molecule has 5 N–H and O–H groups in total. The maximum atomic E-state index is 9.89. The Morgan fingerprint density at radius 3 is 1.81 bits per heavy atom. The molecule has 0 aliphatic carbocycles. The molecule has 0 heterocycles. The third kappa shape index (κ3) is 7.15. The van der Waals surface area contributed by atoms with Gasteiger partial charge in [-0.05, 0) is 0 Å². The summed E-state index contributed by atoms with van der Waals surface area (Å²) in [4.78, 5) is 0. The summed E-state index contributed by atoms with van der Waals surface area (Å²) in [5, 5.41) is 64.4. The van der Waals surface area contributed by atoms with Gasteiger partial charge in [0.15, 0.2) is 0 Å². The predicted octanol–water partition coefficient (Wildman–Crippen LogP) is -8.85. The summed E-state index contributed by atoms with van der Waals surface area (Å²) in [5.74, 6) is 0. The largest absolute Gasteiger partial charge is 1.00 e. The fourth-order valence-electron chi connectivity index (χ4n) is 0.839. The maximum Gasteiger partial charge on any atom is 1.00 e. The van der Waals surface area contributed by atoms with Gasteiger partial charge in [0, 0.05) is 0 Å². The van der Waals surface area contributed by atoms with E-state index in [1.165, 1.54) is 0 Å². The summed E-state index contributed by atoms with van der Waals surface area (Å²) in [6, 6.07) is 0. The minimum Gasteiger partial charge on any atom is -0.871 e. The van der Waals surface area contributed by atoms with Crippen molar-refractivity contribution in [2.24, 2.45) is 0 Å². The molecule has 0 aromatic rings. The zero-order valence-corrected chi connectivity index (χ0v) is 10.8. The van der Waals surface area contributed by atoms with Gasteiger partial charge in [0.2, 0.25) is 0 Å². The van der Waals surface area contributed by atoms with Crippen LogP contribution in [-0.2, 0) is 4.65 Å². The molecule has 0 radical (unpaired) electrons. The molecule has 0 aromatic carbocycles. The van der Waals surface area contributed by atoms with Crippen molar-refractivity contribution in [1.82, 2.24) is 0 Å². The fraction of sp³-hybridized carbons (Fsp3) is 1.00. The van der Waals surface area contributed by atoms with Gasteiger partial charge < -0.3 is 40.2 Å². The number of aliphatic hydroxyl groups excluding tert-OH is 5. The van der Waals surface area contributed by atoms with Crippen molar-refractivity contribution in [2.45, 2.75) is 24.4 Å². The van der Waals surface area contributed by atoms with Crippen molar-refractivity contribution in [1.29, 1.82) is 0 Å². The molecule has 90 valence electrons. The minimum absolute atomic E-state index is 0. The number of hydrogen-bond donors (Lipinski definition) is 5. The Kier molecular flexibility index (Phi) is 11.6. The van der Waals surface area contributed by atoms with Crippen LogP contribution >= 0.6 is 0 Å². The van der Waals surface area contributed by atoms with Gasteiger partial charge in [0.1, 0.15) is 24.4 Å². The Morgan fingerprint density at radius 1 is 1.00 bits per heavy atom. The molecule has 0 spiro atoms. The molecule has 8 nitrogen and oxygen atoms in total. The molecule has 0 bridgehead atoms. The Balaban J connectivity index is 0. The summed E-state index contributed by atoms with van der Waals surface area (Å²) in [7, 11) is -2.60. The van der Waals surface area contributed by atoms with Crippen molar-refractivity contribution < 1.29 is 69.8 Å². The molecule has 0 fully saturated rings. The third-order valence-corrected chi connectivity index (χ3v) is 1.73. The van der Waals surface area contributed by atoms with Crippen LogP contribution < -0.4 is 39.6 Å². The molecule has 0 aliphatic heterocycles. The average molecular weight is 247 g/mol. The minimum atomic E-state index is -2.60. The first kappa shape index (κ1) is 19.1. The van der Waals surface area contributed by atoms with Crippen molar-refractivity contribution >= 4 is 7.32 Å². The molecule has 0 unspecified atom stereocenters. The van der Waals surface area contributed by atoms with Crippen LogP contribution in [0.3, 0.4) is 0 Å². The number of aliphatic hydroxyl groups is 5. The Labute approximate surface area is 115 Å². The van der Waals surface area contributed by atoms with Crippen molar-refractivity contribution in [3.63, 3.8) is 0 Å². The molecule has 0 saturated heterocycles. The second-order valence-corrected chi connectivity index (χ2v) is 2.92. The SMILES string of the molecule is [Na+].[O-]B([O-])OC[C@H](O)[C@@H](O)[C@H](O)[C@H](O)CO. The van der Waals surface area contributed by atoms with Crippen molar-refractivity contribution in [3.8, 4) is 0 Å². The van der Waals surface area contributed by atoms with Crippen LogP contribution in [0.15, 0.2) is 0 Å². The van der Waals surface area contributed by atoms with Gasteiger partial charge in [-0.2, -0.15) is 0 Å². The second-order valence-electron chi connectivity index (χ2n) is 2.92. The van der Waals surface area contributed by atoms with Crippen LogP contribution in [-0.4, -0.2) is 70.5 Å². The van der Waals surface area contributed by atoms with E-state index in [4.69, 9.17) is 25.5 Å². The quantitative estimate of drug-likeness (QED) is 0.277. The van der Waals surface area contributed by atoms with E-state index >= 15 is 0 Å². The van der Waals surface area contributed by atoms with Gasteiger partial charge in [-0.25, -0.2) is 0 Å². The molecular formula is C6H13BNaO8-. The van der Waals surface area contributed by atoms with Gasteiger partial charge in [-0.1, -0.05) is 0 Å². The van der Waals surface area contributed by atoms with E-state index in [9.17, 15) is 10.0 Å².